The molecule has 0 saturated heterocycles. The zero-order valence-corrected chi connectivity index (χ0v) is 14.9. The van der Waals surface area contributed by atoms with Crippen LogP contribution in [0, 0.1) is 20.8 Å². The fraction of sp³-hybridized carbons (Fsp3) is 0.600. The Morgan fingerprint density at radius 2 is 1.57 bits per heavy atom. The highest BCUT2D eigenvalue weighted by Gasteiger charge is 2.41. The Morgan fingerprint density at radius 1 is 0.952 bits per heavy atom. The molecule has 0 aromatic heterocycles. The molecule has 0 radical (unpaired) electrons. The minimum absolute atomic E-state index is 0.272. The number of benzene rings is 1. The van der Waals surface area contributed by atoms with E-state index in [9.17, 15) is 0 Å². The minimum Gasteiger partial charge on any atom is -0.342 e. The van der Waals surface area contributed by atoms with Gasteiger partial charge in [-0.2, -0.15) is 0 Å². The Hall–Kier alpha value is -1.24. The maximum atomic E-state index is 2.63. The van der Waals surface area contributed by atoms with Crippen molar-refractivity contribution in [1.82, 2.24) is 0 Å². The predicted molar refractivity (Wildman–Crippen MR) is 92.3 cm³/mol. The van der Waals surface area contributed by atoms with Crippen LogP contribution in [-0.2, 0) is 11.8 Å². The molecule has 1 aromatic carbocycles. The Labute approximate surface area is 130 Å². The van der Waals surface area contributed by atoms with Gasteiger partial charge in [0.1, 0.15) is 0 Å². The van der Waals surface area contributed by atoms with Crippen LogP contribution in [0.4, 0.5) is 5.69 Å². The van der Waals surface area contributed by atoms with E-state index in [0.29, 0.717) is 6.04 Å². The largest absolute Gasteiger partial charge is 0.342 e. The van der Waals surface area contributed by atoms with E-state index in [4.69, 9.17) is 0 Å². The third-order valence-corrected chi connectivity index (χ3v) is 6.06. The molecule has 1 unspecified atom stereocenters. The van der Waals surface area contributed by atoms with Gasteiger partial charge >= 0.3 is 0 Å². The summed E-state index contributed by atoms with van der Waals surface area (Å²) >= 11 is 0. The van der Waals surface area contributed by atoms with Crippen LogP contribution in [0.15, 0.2) is 11.3 Å². The molecule has 3 rings (SSSR count). The number of hydrogen-bond acceptors (Lipinski definition) is 1. The molecule has 1 heteroatoms. The molecule has 114 valence electrons. The molecule has 0 spiro atoms. The molecule has 2 heterocycles. The molecule has 0 aliphatic carbocycles. The third-order valence-electron chi connectivity index (χ3n) is 6.06. The van der Waals surface area contributed by atoms with Crippen LogP contribution in [-0.4, -0.2) is 6.04 Å². The average molecular weight is 283 g/mol. The van der Waals surface area contributed by atoms with Gasteiger partial charge in [-0.05, 0) is 93.2 Å². The van der Waals surface area contributed by atoms with E-state index < -0.39 is 0 Å². The quantitative estimate of drug-likeness (QED) is 0.621. The second-order valence-electron chi connectivity index (χ2n) is 7.93. The van der Waals surface area contributed by atoms with Crippen LogP contribution in [0.1, 0.15) is 68.9 Å². The summed E-state index contributed by atoms with van der Waals surface area (Å²) in [5, 5.41) is 0. The Kier molecular flexibility index (Phi) is 3.06. The highest BCUT2D eigenvalue weighted by atomic mass is 15.2. The zero-order chi connectivity index (χ0) is 15.7. The van der Waals surface area contributed by atoms with Crippen LogP contribution >= 0.6 is 0 Å². The van der Waals surface area contributed by atoms with E-state index in [1.54, 1.807) is 16.8 Å². The highest BCUT2D eigenvalue weighted by molar-refractivity contribution is 5.75. The first-order chi connectivity index (χ1) is 9.66. The summed E-state index contributed by atoms with van der Waals surface area (Å²) in [7, 11) is 0. The van der Waals surface area contributed by atoms with Crippen molar-refractivity contribution >= 4 is 5.69 Å². The van der Waals surface area contributed by atoms with E-state index in [1.807, 2.05) is 0 Å². The number of allylic oxidation sites excluding steroid dienone is 2. The van der Waals surface area contributed by atoms with Crippen molar-refractivity contribution in [2.45, 2.75) is 79.7 Å². The molecule has 1 nitrogen and oxygen atoms in total. The van der Waals surface area contributed by atoms with Gasteiger partial charge in [-0.15, -0.1) is 0 Å². The maximum Gasteiger partial charge on any atom is 0.0490 e. The summed E-state index contributed by atoms with van der Waals surface area (Å²) in [6, 6.07) is 0.586. The van der Waals surface area contributed by atoms with Crippen molar-refractivity contribution in [3.05, 3.63) is 39.1 Å². The van der Waals surface area contributed by atoms with Gasteiger partial charge < -0.3 is 4.90 Å². The second-order valence-corrected chi connectivity index (χ2v) is 7.93. The standard InChI is InChI=1S/C20H29N/c1-11-9-17-14(4)13(3)15(5)18-19(17)21(16(11)6)12(2)10-20(18,7)8/h12H,9-10H2,1-8H3. The molecular weight excluding hydrogens is 254 g/mol. The fourth-order valence-corrected chi connectivity index (χ4v) is 4.76. The lowest BCUT2D eigenvalue weighted by Crippen LogP contribution is -2.45. The van der Waals surface area contributed by atoms with Crippen molar-refractivity contribution in [1.29, 1.82) is 0 Å². The zero-order valence-electron chi connectivity index (χ0n) is 14.9. The second kappa shape index (κ2) is 4.38. The molecule has 0 amide bonds. The van der Waals surface area contributed by atoms with Gasteiger partial charge in [-0.25, -0.2) is 0 Å². The smallest absolute Gasteiger partial charge is 0.0490 e. The van der Waals surface area contributed by atoms with Gasteiger partial charge in [0.15, 0.2) is 0 Å². The van der Waals surface area contributed by atoms with Crippen molar-refractivity contribution in [3.8, 4) is 0 Å². The van der Waals surface area contributed by atoms with Gasteiger partial charge in [0, 0.05) is 17.4 Å². The first-order valence-electron chi connectivity index (χ1n) is 8.25. The Bertz CT molecular complexity index is 661. The third kappa shape index (κ3) is 1.82. The van der Waals surface area contributed by atoms with Gasteiger partial charge in [-0.3, -0.25) is 0 Å². The molecular formula is C20H29N. The summed E-state index contributed by atoms with van der Waals surface area (Å²) in [4.78, 5) is 2.63. The highest BCUT2D eigenvalue weighted by Crippen LogP contribution is 2.51. The summed E-state index contributed by atoms with van der Waals surface area (Å²) in [6.07, 6.45) is 2.35. The summed E-state index contributed by atoms with van der Waals surface area (Å²) in [5.74, 6) is 0. The molecule has 0 bridgehead atoms. The van der Waals surface area contributed by atoms with E-state index in [-0.39, 0.29) is 5.41 Å². The first kappa shape index (κ1) is 14.7. The van der Waals surface area contributed by atoms with Gasteiger partial charge in [-0.1, -0.05) is 13.8 Å². The number of anilines is 1. The normalized spacial score (nSPS) is 23.4. The number of nitrogens with zero attached hydrogens (tertiary/aromatic N) is 1. The van der Waals surface area contributed by atoms with Crippen LogP contribution in [0.2, 0.25) is 0 Å². The lowest BCUT2D eigenvalue weighted by Gasteiger charge is -2.50. The van der Waals surface area contributed by atoms with Crippen LogP contribution in [0.5, 0.6) is 0 Å². The van der Waals surface area contributed by atoms with Gasteiger partial charge in [0.2, 0.25) is 0 Å². The van der Waals surface area contributed by atoms with Gasteiger partial charge in [0.05, 0.1) is 0 Å². The first-order valence-corrected chi connectivity index (χ1v) is 8.25. The number of rotatable bonds is 0. The molecule has 2 aliphatic heterocycles. The number of hydrogen-bond donors (Lipinski definition) is 0. The summed E-state index contributed by atoms with van der Waals surface area (Å²) in [6.45, 7) is 18.8. The van der Waals surface area contributed by atoms with E-state index in [2.05, 4.69) is 60.3 Å². The van der Waals surface area contributed by atoms with Crippen molar-refractivity contribution in [2.24, 2.45) is 0 Å². The molecule has 1 aromatic rings. The SMILES string of the molecule is CC1=C(C)N2c3c(c(C)c(C)c(C)c3C(C)(C)CC2C)C1. The van der Waals surface area contributed by atoms with E-state index >= 15 is 0 Å². The van der Waals surface area contributed by atoms with Crippen molar-refractivity contribution < 1.29 is 0 Å². The molecule has 1 atom stereocenters. The Morgan fingerprint density at radius 3 is 2.19 bits per heavy atom. The predicted octanol–water partition coefficient (Wildman–Crippen LogP) is 5.34. The van der Waals surface area contributed by atoms with Crippen LogP contribution in [0.25, 0.3) is 0 Å². The van der Waals surface area contributed by atoms with Gasteiger partial charge in [0.25, 0.3) is 0 Å². The molecule has 21 heavy (non-hydrogen) atoms. The summed E-state index contributed by atoms with van der Waals surface area (Å²) < 4.78 is 0. The summed E-state index contributed by atoms with van der Waals surface area (Å²) in [5.41, 5.74) is 12.5. The van der Waals surface area contributed by atoms with E-state index in [1.165, 1.54) is 34.4 Å². The Balaban J connectivity index is 2.44. The maximum absolute atomic E-state index is 2.63. The van der Waals surface area contributed by atoms with Crippen molar-refractivity contribution in [3.63, 3.8) is 0 Å². The lowest BCUT2D eigenvalue weighted by atomic mass is 9.69. The molecule has 2 aliphatic rings. The fourth-order valence-electron chi connectivity index (χ4n) is 4.76. The molecule has 0 fully saturated rings. The van der Waals surface area contributed by atoms with Crippen molar-refractivity contribution in [2.75, 3.05) is 4.90 Å². The minimum atomic E-state index is 0.272. The molecule has 0 N–H and O–H groups in total. The average Bonchev–Trinajstić information content (AvgIpc) is 2.37. The lowest BCUT2D eigenvalue weighted by molar-refractivity contribution is 0.401. The van der Waals surface area contributed by atoms with Crippen LogP contribution in [0.3, 0.4) is 0 Å². The monoisotopic (exact) mass is 283 g/mol. The molecule has 0 saturated carbocycles. The van der Waals surface area contributed by atoms with E-state index in [0.717, 1.165) is 6.42 Å². The van der Waals surface area contributed by atoms with Crippen LogP contribution < -0.4 is 4.90 Å². The topological polar surface area (TPSA) is 3.24 Å².